The minimum absolute atomic E-state index is 0.642. The molecule has 4 heteroatoms. The summed E-state index contributed by atoms with van der Waals surface area (Å²) in [4.78, 5) is 14.0. The SMILES string of the molecule is CCCNOC(N)=O. The topological polar surface area (TPSA) is 64.3 Å². The van der Waals surface area contributed by atoms with Crippen LogP contribution in [0.15, 0.2) is 0 Å². The molecule has 0 radical (unpaired) electrons. The van der Waals surface area contributed by atoms with Crippen LogP contribution in [0.1, 0.15) is 13.3 Å². The number of hydroxylamine groups is 1. The fraction of sp³-hybridized carbons (Fsp3) is 0.750. The molecule has 0 heterocycles. The smallest absolute Gasteiger partial charge is 0.354 e. The molecular weight excluding hydrogens is 108 g/mol. The number of hydrogen-bond donors (Lipinski definition) is 2. The second kappa shape index (κ2) is 4.39. The van der Waals surface area contributed by atoms with Gasteiger partial charge in [0, 0.05) is 6.54 Å². The van der Waals surface area contributed by atoms with Gasteiger partial charge in [-0.25, -0.2) is 4.79 Å². The van der Waals surface area contributed by atoms with Crippen LogP contribution in [0.25, 0.3) is 0 Å². The van der Waals surface area contributed by atoms with Crippen LogP contribution >= 0.6 is 0 Å². The van der Waals surface area contributed by atoms with Crippen LogP contribution in [-0.2, 0) is 4.84 Å². The molecule has 0 aliphatic carbocycles. The van der Waals surface area contributed by atoms with Crippen molar-refractivity contribution in [1.29, 1.82) is 0 Å². The van der Waals surface area contributed by atoms with E-state index < -0.39 is 6.09 Å². The number of nitrogens with two attached hydrogens (primary N) is 1. The van der Waals surface area contributed by atoms with E-state index in [1.807, 2.05) is 6.92 Å². The minimum atomic E-state index is -0.793. The minimum Gasteiger partial charge on any atom is -0.354 e. The van der Waals surface area contributed by atoms with Gasteiger partial charge < -0.3 is 10.6 Å². The Kier molecular flexibility index (Phi) is 3.97. The van der Waals surface area contributed by atoms with Crippen molar-refractivity contribution in [2.45, 2.75) is 13.3 Å². The molecule has 0 aliphatic heterocycles. The molecule has 0 fully saturated rings. The van der Waals surface area contributed by atoms with Gasteiger partial charge in [0.05, 0.1) is 0 Å². The van der Waals surface area contributed by atoms with Crippen molar-refractivity contribution >= 4 is 6.09 Å². The van der Waals surface area contributed by atoms with E-state index in [9.17, 15) is 4.79 Å². The summed E-state index contributed by atoms with van der Waals surface area (Å²) in [7, 11) is 0. The van der Waals surface area contributed by atoms with Crippen LogP contribution in [0.5, 0.6) is 0 Å². The molecule has 0 atom stereocenters. The van der Waals surface area contributed by atoms with Gasteiger partial charge in [-0.1, -0.05) is 6.92 Å². The summed E-state index contributed by atoms with van der Waals surface area (Å²) >= 11 is 0. The van der Waals surface area contributed by atoms with Gasteiger partial charge in [0.2, 0.25) is 0 Å². The van der Waals surface area contributed by atoms with E-state index in [2.05, 4.69) is 16.1 Å². The maximum Gasteiger partial charge on any atom is 0.423 e. The molecule has 0 aliphatic rings. The van der Waals surface area contributed by atoms with Crippen LogP contribution < -0.4 is 11.2 Å². The summed E-state index contributed by atoms with van der Waals surface area (Å²) in [6, 6.07) is 0. The maximum absolute atomic E-state index is 9.81. The van der Waals surface area contributed by atoms with E-state index in [4.69, 9.17) is 0 Å². The largest absolute Gasteiger partial charge is 0.423 e. The molecule has 0 aromatic carbocycles. The van der Waals surface area contributed by atoms with E-state index in [0.717, 1.165) is 6.42 Å². The van der Waals surface area contributed by atoms with Gasteiger partial charge in [0.25, 0.3) is 0 Å². The number of hydrogen-bond acceptors (Lipinski definition) is 3. The van der Waals surface area contributed by atoms with E-state index in [1.54, 1.807) is 0 Å². The van der Waals surface area contributed by atoms with E-state index in [0.29, 0.717) is 6.54 Å². The lowest BCUT2D eigenvalue weighted by atomic mass is 10.5. The average molecular weight is 118 g/mol. The molecule has 0 aromatic rings. The monoisotopic (exact) mass is 118 g/mol. The molecule has 0 aromatic heterocycles. The van der Waals surface area contributed by atoms with Crippen molar-refractivity contribution in [2.24, 2.45) is 5.73 Å². The van der Waals surface area contributed by atoms with E-state index in [-0.39, 0.29) is 0 Å². The van der Waals surface area contributed by atoms with E-state index >= 15 is 0 Å². The summed E-state index contributed by atoms with van der Waals surface area (Å²) in [6.07, 6.45) is 0.117. The molecule has 4 nitrogen and oxygen atoms in total. The zero-order chi connectivity index (χ0) is 6.41. The third-order valence-corrected chi connectivity index (χ3v) is 0.525. The number of nitrogens with one attached hydrogen (secondary N) is 1. The van der Waals surface area contributed by atoms with Gasteiger partial charge in [-0.05, 0) is 6.42 Å². The number of primary amides is 1. The predicted molar refractivity (Wildman–Crippen MR) is 29.0 cm³/mol. The highest BCUT2D eigenvalue weighted by molar-refractivity contribution is 5.64. The molecule has 0 unspecified atom stereocenters. The second-order valence-corrected chi connectivity index (χ2v) is 1.32. The Bertz CT molecular complexity index is 74.4. The highest BCUT2D eigenvalue weighted by atomic mass is 16.7. The number of carbonyl (C=O) groups is 1. The number of amides is 1. The van der Waals surface area contributed by atoms with Crippen molar-refractivity contribution in [3.63, 3.8) is 0 Å². The predicted octanol–water partition coefficient (Wildman–Crippen LogP) is -0.00370. The van der Waals surface area contributed by atoms with Crippen LogP contribution in [0.2, 0.25) is 0 Å². The van der Waals surface area contributed by atoms with Gasteiger partial charge in [-0.3, -0.25) is 0 Å². The molecule has 3 N–H and O–H groups in total. The van der Waals surface area contributed by atoms with Gasteiger partial charge in [0.1, 0.15) is 0 Å². The van der Waals surface area contributed by atoms with Gasteiger partial charge in [-0.15, -0.1) is 0 Å². The third-order valence-electron chi connectivity index (χ3n) is 0.525. The number of rotatable bonds is 3. The number of carbonyl (C=O) groups excluding carboxylic acids is 1. The molecule has 1 amide bonds. The fourth-order valence-electron chi connectivity index (χ4n) is 0.224. The second-order valence-electron chi connectivity index (χ2n) is 1.32. The van der Waals surface area contributed by atoms with Gasteiger partial charge >= 0.3 is 6.09 Å². The van der Waals surface area contributed by atoms with Gasteiger partial charge in [-0.2, -0.15) is 5.48 Å². The first kappa shape index (κ1) is 7.23. The van der Waals surface area contributed by atoms with Gasteiger partial charge in [0.15, 0.2) is 0 Å². The molecule has 8 heavy (non-hydrogen) atoms. The Labute approximate surface area is 48.0 Å². The quantitative estimate of drug-likeness (QED) is 0.405. The van der Waals surface area contributed by atoms with Crippen molar-refractivity contribution in [2.75, 3.05) is 6.54 Å². The first-order valence-electron chi connectivity index (χ1n) is 2.46. The summed E-state index contributed by atoms with van der Waals surface area (Å²) in [6.45, 7) is 2.60. The highest BCUT2D eigenvalue weighted by Crippen LogP contribution is 1.69. The van der Waals surface area contributed by atoms with Crippen LogP contribution in [0.4, 0.5) is 4.79 Å². The van der Waals surface area contributed by atoms with Crippen LogP contribution in [-0.4, -0.2) is 12.6 Å². The summed E-state index contributed by atoms with van der Waals surface area (Å²) in [5.74, 6) is 0. The summed E-state index contributed by atoms with van der Waals surface area (Å²) < 4.78 is 0. The van der Waals surface area contributed by atoms with E-state index in [1.165, 1.54) is 0 Å². The van der Waals surface area contributed by atoms with Crippen LogP contribution in [0.3, 0.4) is 0 Å². The van der Waals surface area contributed by atoms with Crippen molar-refractivity contribution in [3.05, 3.63) is 0 Å². The molecule has 48 valence electrons. The molecule has 0 bridgehead atoms. The first-order valence-corrected chi connectivity index (χ1v) is 2.46. The van der Waals surface area contributed by atoms with Crippen molar-refractivity contribution < 1.29 is 9.63 Å². The standard InChI is InChI=1S/C4H10N2O2/c1-2-3-6-8-4(5)7/h6H,2-3H2,1H3,(H2,5,7). The zero-order valence-electron chi connectivity index (χ0n) is 4.81. The Hall–Kier alpha value is -0.770. The average Bonchev–Trinajstić information content (AvgIpc) is 1.66. The Morgan fingerprint density at radius 1 is 1.88 bits per heavy atom. The Morgan fingerprint density at radius 2 is 2.50 bits per heavy atom. The lowest BCUT2D eigenvalue weighted by Crippen LogP contribution is -2.24. The Balaban J connectivity index is 2.82. The lowest BCUT2D eigenvalue weighted by molar-refractivity contribution is 0.0988. The zero-order valence-corrected chi connectivity index (χ0v) is 4.81. The Morgan fingerprint density at radius 3 is 2.88 bits per heavy atom. The van der Waals surface area contributed by atoms with Crippen LogP contribution in [0, 0.1) is 0 Å². The summed E-state index contributed by atoms with van der Waals surface area (Å²) in [5.41, 5.74) is 6.97. The fourth-order valence-corrected chi connectivity index (χ4v) is 0.224. The van der Waals surface area contributed by atoms with Crippen molar-refractivity contribution in [1.82, 2.24) is 5.48 Å². The summed E-state index contributed by atoms with van der Waals surface area (Å²) in [5, 5.41) is 0. The normalized spacial score (nSPS) is 8.62. The highest BCUT2D eigenvalue weighted by Gasteiger charge is 1.87. The molecule has 0 saturated carbocycles. The molecule has 0 rings (SSSR count). The molecule has 0 saturated heterocycles. The van der Waals surface area contributed by atoms with Crippen molar-refractivity contribution in [3.8, 4) is 0 Å². The maximum atomic E-state index is 9.81. The molecular formula is C4H10N2O2. The molecule has 0 spiro atoms. The third kappa shape index (κ3) is 5.23. The lowest BCUT2D eigenvalue weighted by Gasteiger charge is -1.97. The first-order chi connectivity index (χ1) is 3.77.